The van der Waals surface area contributed by atoms with E-state index in [0.717, 1.165) is 15.8 Å². The van der Waals surface area contributed by atoms with Gasteiger partial charge in [0, 0.05) is 10.5 Å². The van der Waals surface area contributed by atoms with E-state index in [-0.39, 0.29) is 5.96 Å². The van der Waals surface area contributed by atoms with E-state index in [1.165, 1.54) is 0 Å². The van der Waals surface area contributed by atoms with Crippen molar-refractivity contribution in [1.82, 2.24) is 0 Å². The number of nitrogens with zero attached hydrogens (tertiary/aromatic N) is 1. The summed E-state index contributed by atoms with van der Waals surface area (Å²) in [5, 5.41) is 0. The summed E-state index contributed by atoms with van der Waals surface area (Å²) in [5.74, 6) is 0.760. The van der Waals surface area contributed by atoms with Crippen LogP contribution in [0, 0.1) is 0 Å². The molecule has 0 radical (unpaired) electrons. The number of hydrogen-bond acceptors (Lipinski definition) is 2. The minimum absolute atomic E-state index is 0.0325. The lowest BCUT2D eigenvalue weighted by Gasteiger charge is -2.07. The zero-order chi connectivity index (χ0) is 13.7. The van der Waals surface area contributed by atoms with E-state index in [9.17, 15) is 0 Å². The Balaban J connectivity index is 2.03. The van der Waals surface area contributed by atoms with Crippen LogP contribution in [0.2, 0.25) is 0 Å². The van der Waals surface area contributed by atoms with Gasteiger partial charge in [0.15, 0.2) is 5.96 Å². The van der Waals surface area contributed by atoms with Gasteiger partial charge in [0.25, 0.3) is 0 Å². The number of guanidine groups is 1. The molecule has 4 nitrogen and oxygen atoms in total. The Morgan fingerprint density at radius 2 is 1.84 bits per heavy atom. The molecule has 0 atom stereocenters. The van der Waals surface area contributed by atoms with Crippen LogP contribution in [0.5, 0.6) is 5.75 Å². The molecule has 0 fully saturated rings. The topological polar surface area (TPSA) is 73.6 Å². The predicted molar refractivity (Wildman–Crippen MR) is 80.4 cm³/mol. The van der Waals surface area contributed by atoms with Crippen LogP contribution in [0.3, 0.4) is 0 Å². The van der Waals surface area contributed by atoms with Gasteiger partial charge in [-0.2, -0.15) is 0 Å². The Labute approximate surface area is 120 Å². The molecule has 2 rings (SSSR count). The third kappa shape index (κ3) is 4.30. The number of nitrogens with two attached hydrogens (primary N) is 2. The summed E-state index contributed by atoms with van der Waals surface area (Å²) >= 11 is 3.39. The molecular weight excluding hydrogens is 306 g/mol. The highest BCUT2D eigenvalue weighted by molar-refractivity contribution is 9.10. The van der Waals surface area contributed by atoms with Crippen LogP contribution in [0.1, 0.15) is 5.56 Å². The number of benzene rings is 2. The third-order valence-electron chi connectivity index (χ3n) is 2.39. The molecule has 5 heteroatoms. The summed E-state index contributed by atoms with van der Waals surface area (Å²) < 4.78 is 6.74. The van der Waals surface area contributed by atoms with Crippen molar-refractivity contribution in [3.05, 3.63) is 58.6 Å². The second-order valence-electron chi connectivity index (χ2n) is 3.95. The van der Waals surface area contributed by atoms with E-state index in [2.05, 4.69) is 20.9 Å². The van der Waals surface area contributed by atoms with E-state index >= 15 is 0 Å². The first-order valence-electron chi connectivity index (χ1n) is 5.70. The molecular formula is C14H14BrN3O. The molecule has 0 aliphatic heterocycles. The zero-order valence-electron chi connectivity index (χ0n) is 10.2. The highest BCUT2D eigenvalue weighted by Crippen LogP contribution is 2.21. The fraction of sp³-hybridized carbons (Fsp3) is 0.0714. The normalized spacial score (nSPS) is 9.95. The Hall–Kier alpha value is -2.01. The first-order chi connectivity index (χ1) is 9.13. The molecule has 0 aliphatic rings. The van der Waals surface area contributed by atoms with Gasteiger partial charge < -0.3 is 16.2 Å². The molecule has 0 saturated heterocycles. The molecule has 19 heavy (non-hydrogen) atoms. The highest BCUT2D eigenvalue weighted by atomic mass is 79.9. The van der Waals surface area contributed by atoms with Gasteiger partial charge in [-0.25, -0.2) is 4.99 Å². The van der Waals surface area contributed by atoms with Gasteiger partial charge in [-0.15, -0.1) is 0 Å². The average molecular weight is 320 g/mol. The summed E-state index contributed by atoms with van der Waals surface area (Å²) in [6, 6.07) is 15.3. The molecule has 0 aromatic heterocycles. The number of ether oxygens (including phenoxy) is 1. The summed E-state index contributed by atoms with van der Waals surface area (Å²) in [7, 11) is 0. The lowest BCUT2D eigenvalue weighted by molar-refractivity contribution is 0.306. The minimum Gasteiger partial charge on any atom is -0.489 e. The molecule has 0 bridgehead atoms. The van der Waals surface area contributed by atoms with Crippen LogP contribution in [-0.2, 0) is 6.61 Å². The third-order valence-corrected chi connectivity index (χ3v) is 2.92. The SMILES string of the molecule is NC(N)=Nc1cccc(OCc2ccc(Br)cc2)c1. The van der Waals surface area contributed by atoms with E-state index in [1.807, 2.05) is 42.5 Å². The minimum atomic E-state index is 0.0325. The van der Waals surface area contributed by atoms with E-state index in [1.54, 1.807) is 6.07 Å². The molecule has 98 valence electrons. The summed E-state index contributed by atoms with van der Waals surface area (Å²) in [4.78, 5) is 3.97. The maximum absolute atomic E-state index is 5.69. The Kier molecular flexibility index (Phi) is 4.41. The van der Waals surface area contributed by atoms with Gasteiger partial charge in [-0.05, 0) is 29.8 Å². The van der Waals surface area contributed by atoms with Crippen LogP contribution >= 0.6 is 15.9 Å². The molecule has 4 N–H and O–H groups in total. The average Bonchev–Trinajstić information content (AvgIpc) is 2.38. The lowest BCUT2D eigenvalue weighted by Crippen LogP contribution is -2.21. The first kappa shape index (κ1) is 13.4. The number of aliphatic imine (C=N–C) groups is 1. The van der Waals surface area contributed by atoms with Gasteiger partial charge in [0.1, 0.15) is 12.4 Å². The van der Waals surface area contributed by atoms with Crippen molar-refractivity contribution in [3.63, 3.8) is 0 Å². The molecule has 2 aromatic rings. The first-order valence-corrected chi connectivity index (χ1v) is 6.50. The van der Waals surface area contributed by atoms with Gasteiger partial charge in [0.05, 0.1) is 5.69 Å². The van der Waals surface area contributed by atoms with Crippen molar-refractivity contribution < 1.29 is 4.74 Å². The summed E-state index contributed by atoms with van der Waals surface area (Å²) in [6.07, 6.45) is 0. The van der Waals surface area contributed by atoms with Crippen LogP contribution < -0.4 is 16.2 Å². The van der Waals surface area contributed by atoms with Crippen molar-refractivity contribution in [2.45, 2.75) is 6.61 Å². The van der Waals surface area contributed by atoms with Gasteiger partial charge in [-0.1, -0.05) is 34.1 Å². The predicted octanol–water partition coefficient (Wildman–Crippen LogP) is 2.93. The molecule has 0 saturated carbocycles. The highest BCUT2D eigenvalue weighted by Gasteiger charge is 1.98. The standard InChI is InChI=1S/C14H14BrN3O/c15-11-6-4-10(5-7-11)9-19-13-3-1-2-12(8-13)18-14(16)17/h1-8H,9H2,(H4,16,17,18). The number of hydrogen-bond donors (Lipinski definition) is 2. The number of rotatable bonds is 4. The number of halogens is 1. The Bertz CT molecular complexity index is 577. The van der Waals surface area contributed by atoms with Crippen molar-refractivity contribution in [2.24, 2.45) is 16.5 Å². The van der Waals surface area contributed by atoms with Crippen molar-refractivity contribution >= 4 is 27.6 Å². The van der Waals surface area contributed by atoms with Crippen LogP contribution in [0.15, 0.2) is 58.0 Å². The molecule has 0 spiro atoms. The van der Waals surface area contributed by atoms with E-state index < -0.39 is 0 Å². The van der Waals surface area contributed by atoms with Crippen molar-refractivity contribution in [2.75, 3.05) is 0 Å². The quantitative estimate of drug-likeness (QED) is 0.672. The Morgan fingerprint density at radius 3 is 2.53 bits per heavy atom. The molecule has 2 aromatic carbocycles. The van der Waals surface area contributed by atoms with Gasteiger partial charge in [-0.3, -0.25) is 0 Å². The fourth-order valence-corrected chi connectivity index (χ4v) is 1.80. The van der Waals surface area contributed by atoms with Crippen LogP contribution in [0.25, 0.3) is 0 Å². The summed E-state index contributed by atoms with van der Waals surface area (Å²) in [6.45, 7) is 0.499. The molecule has 0 unspecified atom stereocenters. The van der Waals surface area contributed by atoms with Gasteiger partial charge in [0.2, 0.25) is 0 Å². The zero-order valence-corrected chi connectivity index (χ0v) is 11.8. The maximum atomic E-state index is 5.69. The Morgan fingerprint density at radius 1 is 1.11 bits per heavy atom. The smallest absolute Gasteiger partial charge is 0.191 e. The fourth-order valence-electron chi connectivity index (χ4n) is 1.54. The molecule has 0 amide bonds. The second kappa shape index (κ2) is 6.24. The maximum Gasteiger partial charge on any atom is 0.191 e. The largest absolute Gasteiger partial charge is 0.489 e. The second-order valence-corrected chi connectivity index (χ2v) is 4.86. The van der Waals surface area contributed by atoms with Gasteiger partial charge >= 0.3 is 0 Å². The van der Waals surface area contributed by atoms with Crippen LogP contribution in [-0.4, -0.2) is 5.96 Å². The molecule has 0 heterocycles. The molecule has 0 aliphatic carbocycles. The summed E-state index contributed by atoms with van der Waals surface area (Å²) in [5.41, 5.74) is 12.4. The van der Waals surface area contributed by atoms with E-state index in [0.29, 0.717) is 12.3 Å². The van der Waals surface area contributed by atoms with Crippen molar-refractivity contribution in [3.8, 4) is 5.75 Å². The van der Waals surface area contributed by atoms with E-state index in [4.69, 9.17) is 16.2 Å². The van der Waals surface area contributed by atoms with Crippen LogP contribution in [0.4, 0.5) is 5.69 Å². The van der Waals surface area contributed by atoms with Crippen molar-refractivity contribution in [1.29, 1.82) is 0 Å². The monoisotopic (exact) mass is 319 g/mol. The lowest BCUT2D eigenvalue weighted by atomic mass is 10.2.